The molecule has 4 nitrogen and oxygen atoms in total. The number of hydrogen-bond acceptors (Lipinski definition) is 4. The van der Waals surface area contributed by atoms with Crippen molar-refractivity contribution in [2.75, 3.05) is 6.54 Å². The van der Waals surface area contributed by atoms with Gasteiger partial charge in [-0.3, -0.25) is 16.2 Å². The summed E-state index contributed by atoms with van der Waals surface area (Å²) in [6.07, 6.45) is 2.39. The summed E-state index contributed by atoms with van der Waals surface area (Å²) in [5.41, 5.74) is 12.5. The van der Waals surface area contributed by atoms with E-state index in [0.29, 0.717) is 18.5 Å². The second-order valence-electron chi connectivity index (χ2n) is 9.50. The Hall–Kier alpha value is -2.50. The number of nitrogens with one attached hydrogen (secondary N) is 2. The molecule has 4 heteroatoms. The van der Waals surface area contributed by atoms with Gasteiger partial charge in [-0.1, -0.05) is 72.3 Å². The monoisotopic (exact) mass is 426 g/mol. The van der Waals surface area contributed by atoms with Crippen LogP contribution in [-0.4, -0.2) is 17.5 Å². The van der Waals surface area contributed by atoms with Crippen LogP contribution in [0.25, 0.3) is 0 Å². The van der Waals surface area contributed by atoms with Crippen molar-refractivity contribution >= 4 is 0 Å². The fourth-order valence-electron chi connectivity index (χ4n) is 4.90. The predicted molar refractivity (Wildman–Crippen MR) is 131 cm³/mol. The third-order valence-electron chi connectivity index (χ3n) is 6.96. The van der Waals surface area contributed by atoms with E-state index in [9.17, 15) is 0 Å². The molecule has 0 aromatic heterocycles. The summed E-state index contributed by atoms with van der Waals surface area (Å²) in [7, 11) is 0. The normalized spacial score (nSPS) is 20.2. The minimum Gasteiger partial charge on any atom is -0.309 e. The second kappa shape index (κ2) is 9.55. The van der Waals surface area contributed by atoms with Crippen LogP contribution in [0.2, 0.25) is 0 Å². The molecule has 0 bridgehead atoms. The van der Waals surface area contributed by atoms with Crippen LogP contribution < -0.4 is 16.6 Å². The summed E-state index contributed by atoms with van der Waals surface area (Å²) < 4.78 is 0. The van der Waals surface area contributed by atoms with Gasteiger partial charge in [-0.2, -0.15) is 0 Å². The van der Waals surface area contributed by atoms with Crippen LogP contribution in [0.1, 0.15) is 51.3 Å². The number of nitrogens with zero attached hydrogens (tertiary/aromatic N) is 1. The van der Waals surface area contributed by atoms with Crippen molar-refractivity contribution in [2.45, 2.75) is 57.9 Å². The van der Waals surface area contributed by atoms with Gasteiger partial charge in [0.1, 0.15) is 0 Å². The molecule has 3 aromatic rings. The Labute approximate surface area is 191 Å². The summed E-state index contributed by atoms with van der Waals surface area (Å²) in [5, 5.41) is 3.78. The van der Waals surface area contributed by atoms with Crippen LogP contribution in [0.3, 0.4) is 0 Å². The van der Waals surface area contributed by atoms with Gasteiger partial charge in [-0.15, -0.1) is 0 Å². The number of hydrazine groups is 1. The largest absolute Gasteiger partial charge is 0.309 e. The zero-order chi connectivity index (χ0) is 21.9. The first-order chi connectivity index (χ1) is 15.7. The summed E-state index contributed by atoms with van der Waals surface area (Å²) in [5.74, 6) is 6.10. The van der Waals surface area contributed by atoms with E-state index in [1.807, 2.05) is 0 Å². The van der Waals surface area contributed by atoms with Crippen LogP contribution in [0.4, 0.5) is 0 Å². The third kappa shape index (κ3) is 5.11. The van der Waals surface area contributed by atoms with Gasteiger partial charge >= 0.3 is 0 Å². The topological polar surface area (TPSA) is 53.3 Å². The van der Waals surface area contributed by atoms with Gasteiger partial charge in [0.25, 0.3) is 0 Å². The highest BCUT2D eigenvalue weighted by molar-refractivity contribution is 5.35. The molecule has 32 heavy (non-hydrogen) atoms. The lowest BCUT2D eigenvalue weighted by molar-refractivity contribution is 0.245. The fourth-order valence-corrected chi connectivity index (χ4v) is 4.90. The maximum absolute atomic E-state index is 5.42. The molecule has 0 saturated heterocycles. The number of nitrogens with two attached hydrogens (primary N) is 1. The Bertz CT molecular complexity index is 1040. The summed E-state index contributed by atoms with van der Waals surface area (Å²) in [4.78, 5) is 2.56. The molecule has 0 amide bonds. The highest BCUT2D eigenvalue weighted by Gasteiger charge is 2.37. The van der Waals surface area contributed by atoms with Crippen LogP contribution in [-0.2, 0) is 32.6 Å². The third-order valence-corrected chi connectivity index (χ3v) is 6.96. The Kier molecular flexibility index (Phi) is 6.37. The van der Waals surface area contributed by atoms with Crippen molar-refractivity contribution in [3.05, 3.63) is 106 Å². The van der Waals surface area contributed by atoms with Gasteiger partial charge in [0.15, 0.2) is 0 Å². The van der Waals surface area contributed by atoms with Crippen molar-refractivity contribution in [2.24, 2.45) is 5.84 Å². The van der Waals surface area contributed by atoms with Gasteiger partial charge in [0, 0.05) is 44.7 Å². The number of hydrogen-bond donors (Lipinski definition) is 3. The van der Waals surface area contributed by atoms with E-state index in [1.165, 1.54) is 45.4 Å². The molecule has 2 unspecified atom stereocenters. The highest BCUT2D eigenvalue weighted by atomic mass is 15.2. The van der Waals surface area contributed by atoms with Crippen molar-refractivity contribution < 1.29 is 0 Å². The van der Waals surface area contributed by atoms with Crippen molar-refractivity contribution in [3.63, 3.8) is 0 Å². The van der Waals surface area contributed by atoms with E-state index < -0.39 is 0 Å². The Morgan fingerprint density at radius 1 is 0.875 bits per heavy atom. The molecule has 1 aliphatic heterocycles. The SMILES string of the molecule is Cc1ccc(C2CC2NCc2ccc3c(c2)CN(Cc2ccc(CNN)cc2)CC3)cc1. The summed E-state index contributed by atoms with van der Waals surface area (Å²) in [6, 6.07) is 25.5. The zero-order valence-corrected chi connectivity index (χ0v) is 19.0. The standard InChI is InChI=1S/C28H34N4/c1-20-2-9-25(10-3-20)27-15-28(27)30-16-23-8-11-24-12-13-32(19-26(24)14-23)18-22-6-4-21(5-7-22)17-31-29/h2-11,14,27-28,30-31H,12-13,15-19,29H2,1H3. The van der Waals surface area contributed by atoms with Crippen LogP contribution in [0.5, 0.6) is 0 Å². The molecule has 3 aromatic carbocycles. The molecular weight excluding hydrogens is 392 g/mol. The lowest BCUT2D eigenvalue weighted by atomic mass is 9.97. The molecule has 1 saturated carbocycles. The van der Waals surface area contributed by atoms with E-state index in [-0.39, 0.29) is 0 Å². The molecule has 0 spiro atoms. The summed E-state index contributed by atoms with van der Waals surface area (Å²) in [6.45, 7) is 6.97. The molecule has 1 heterocycles. The molecule has 1 aliphatic carbocycles. The fraction of sp³-hybridized carbons (Fsp3) is 0.357. The lowest BCUT2D eigenvalue weighted by Crippen LogP contribution is -2.30. The minimum atomic E-state index is 0.614. The van der Waals surface area contributed by atoms with Crippen LogP contribution in [0, 0.1) is 6.92 Å². The maximum atomic E-state index is 5.42. The smallest absolute Gasteiger partial charge is 0.0348 e. The van der Waals surface area contributed by atoms with E-state index in [2.05, 4.69) is 89.3 Å². The van der Waals surface area contributed by atoms with Crippen molar-refractivity contribution in [1.82, 2.24) is 15.6 Å². The average molecular weight is 427 g/mol. The van der Waals surface area contributed by atoms with Gasteiger partial charge < -0.3 is 5.32 Å². The predicted octanol–water partition coefficient (Wildman–Crippen LogP) is 4.16. The molecule has 166 valence electrons. The highest BCUT2D eigenvalue weighted by Crippen LogP contribution is 2.41. The maximum Gasteiger partial charge on any atom is 0.0348 e. The molecule has 5 rings (SSSR count). The van der Waals surface area contributed by atoms with Crippen LogP contribution in [0.15, 0.2) is 66.7 Å². The molecule has 2 aliphatic rings. The molecule has 1 fully saturated rings. The Morgan fingerprint density at radius 3 is 2.41 bits per heavy atom. The first-order valence-corrected chi connectivity index (χ1v) is 11.8. The van der Waals surface area contributed by atoms with Crippen molar-refractivity contribution in [3.8, 4) is 0 Å². The lowest BCUT2D eigenvalue weighted by Gasteiger charge is -2.29. The van der Waals surface area contributed by atoms with Crippen molar-refractivity contribution in [1.29, 1.82) is 0 Å². The number of aryl methyl sites for hydroxylation is 1. The van der Waals surface area contributed by atoms with Crippen LogP contribution >= 0.6 is 0 Å². The van der Waals surface area contributed by atoms with Gasteiger partial charge in [-0.05, 0) is 53.1 Å². The van der Waals surface area contributed by atoms with E-state index in [0.717, 1.165) is 32.6 Å². The minimum absolute atomic E-state index is 0.614. The quantitative estimate of drug-likeness (QED) is 0.374. The zero-order valence-electron chi connectivity index (χ0n) is 19.0. The molecule has 4 N–H and O–H groups in total. The Balaban J connectivity index is 1.15. The number of fused-ring (bicyclic) bond motifs is 1. The molecule has 0 radical (unpaired) electrons. The van der Waals surface area contributed by atoms with Gasteiger partial charge in [0.05, 0.1) is 0 Å². The Morgan fingerprint density at radius 2 is 1.62 bits per heavy atom. The first-order valence-electron chi connectivity index (χ1n) is 11.8. The molecular formula is C28H34N4. The van der Waals surface area contributed by atoms with Gasteiger partial charge in [-0.25, -0.2) is 0 Å². The van der Waals surface area contributed by atoms with E-state index >= 15 is 0 Å². The number of rotatable bonds is 8. The first kappa shape index (κ1) is 21.4. The average Bonchev–Trinajstić information content (AvgIpc) is 3.59. The second-order valence-corrected chi connectivity index (χ2v) is 9.50. The number of benzene rings is 3. The molecule has 2 atom stereocenters. The summed E-state index contributed by atoms with van der Waals surface area (Å²) >= 11 is 0. The van der Waals surface area contributed by atoms with Gasteiger partial charge in [0.2, 0.25) is 0 Å². The van der Waals surface area contributed by atoms with E-state index in [1.54, 1.807) is 0 Å². The van der Waals surface area contributed by atoms with E-state index in [4.69, 9.17) is 5.84 Å².